The summed E-state index contributed by atoms with van der Waals surface area (Å²) in [5.41, 5.74) is 5.10. The van der Waals surface area contributed by atoms with Gasteiger partial charge in [0.15, 0.2) is 0 Å². The number of piperidine rings is 3. The number of benzene rings is 2. The van der Waals surface area contributed by atoms with Gasteiger partial charge in [-0.25, -0.2) is 4.98 Å². The lowest BCUT2D eigenvalue weighted by molar-refractivity contribution is 0.0976. The summed E-state index contributed by atoms with van der Waals surface area (Å²) in [5.74, 6) is 1.24. The first-order valence-corrected chi connectivity index (χ1v) is 12.7. The van der Waals surface area contributed by atoms with Crippen molar-refractivity contribution in [3.05, 3.63) is 52.8 Å². The molecular formula is C27H30N6O2. The number of pyridine rings is 1. The molecule has 4 aliphatic heterocycles. The Labute approximate surface area is 203 Å². The maximum atomic E-state index is 13.6. The average Bonchev–Trinajstić information content (AvgIpc) is 3.33. The highest BCUT2D eigenvalue weighted by Gasteiger charge is 2.35. The largest absolute Gasteiger partial charge is 0.379 e. The molecule has 6 heterocycles. The zero-order valence-electron chi connectivity index (χ0n) is 19.7. The van der Waals surface area contributed by atoms with Crippen molar-refractivity contribution >= 4 is 33.3 Å². The third kappa shape index (κ3) is 3.68. The number of imidazole rings is 1. The summed E-state index contributed by atoms with van der Waals surface area (Å²) >= 11 is 0. The molecule has 0 aliphatic carbocycles. The van der Waals surface area contributed by atoms with Crippen LogP contribution in [0.15, 0.2) is 47.3 Å². The van der Waals surface area contributed by atoms with Crippen molar-refractivity contribution in [3.8, 4) is 11.4 Å². The highest BCUT2D eigenvalue weighted by atomic mass is 16.5. The van der Waals surface area contributed by atoms with Crippen molar-refractivity contribution in [2.24, 2.45) is 5.92 Å². The Bertz CT molecular complexity index is 1410. The lowest BCUT2D eigenvalue weighted by Gasteiger charge is -2.45. The molecular weight excluding hydrogens is 440 g/mol. The van der Waals surface area contributed by atoms with Crippen LogP contribution in [0, 0.1) is 5.92 Å². The SMILES string of the molecule is O=c1[nH]c2cc(N3CCOCC3)ccc2c(N[C@H]2CN3CCC2CC3)c1-c1nc2ccccc2[nH]1. The Hall–Kier alpha value is -3.36. The van der Waals surface area contributed by atoms with E-state index in [1.54, 1.807) is 0 Å². The van der Waals surface area contributed by atoms with Crippen LogP contribution in [0.3, 0.4) is 0 Å². The fraction of sp³-hybridized carbons (Fsp3) is 0.407. The van der Waals surface area contributed by atoms with Gasteiger partial charge >= 0.3 is 0 Å². The second-order valence-electron chi connectivity index (χ2n) is 10.0. The molecule has 2 aromatic carbocycles. The minimum absolute atomic E-state index is 0.126. The van der Waals surface area contributed by atoms with Crippen LogP contribution in [0.2, 0.25) is 0 Å². The van der Waals surface area contributed by atoms with E-state index in [1.807, 2.05) is 24.3 Å². The summed E-state index contributed by atoms with van der Waals surface area (Å²) in [6.07, 6.45) is 2.42. The molecule has 8 heteroatoms. The van der Waals surface area contributed by atoms with Crippen LogP contribution in [0.25, 0.3) is 33.3 Å². The van der Waals surface area contributed by atoms with Gasteiger partial charge in [0.2, 0.25) is 0 Å². The van der Waals surface area contributed by atoms with Gasteiger partial charge in [-0.2, -0.15) is 0 Å². The summed E-state index contributed by atoms with van der Waals surface area (Å²) in [7, 11) is 0. The molecule has 0 saturated carbocycles. The van der Waals surface area contributed by atoms with E-state index in [9.17, 15) is 4.79 Å². The number of hydrogen-bond donors (Lipinski definition) is 3. The number of aromatic amines is 2. The molecule has 4 aliphatic rings. The normalized spacial score (nSPS) is 24.3. The van der Waals surface area contributed by atoms with E-state index in [0.717, 1.165) is 66.2 Å². The lowest BCUT2D eigenvalue weighted by atomic mass is 9.83. The van der Waals surface area contributed by atoms with E-state index >= 15 is 0 Å². The van der Waals surface area contributed by atoms with Gasteiger partial charge in [-0.05, 0) is 62.2 Å². The Balaban J connectivity index is 1.38. The summed E-state index contributed by atoms with van der Waals surface area (Å²) in [5, 5.41) is 4.87. The molecule has 2 bridgehead atoms. The van der Waals surface area contributed by atoms with Crippen LogP contribution < -0.4 is 15.8 Å². The number of ether oxygens (including phenoxy) is 1. The molecule has 0 radical (unpaired) electrons. The molecule has 8 rings (SSSR count). The monoisotopic (exact) mass is 470 g/mol. The number of nitrogens with one attached hydrogen (secondary N) is 3. The maximum Gasteiger partial charge on any atom is 0.261 e. The number of para-hydroxylation sites is 2. The van der Waals surface area contributed by atoms with Crippen molar-refractivity contribution in [1.82, 2.24) is 19.9 Å². The predicted molar refractivity (Wildman–Crippen MR) is 139 cm³/mol. The molecule has 4 aromatic rings. The highest BCUT2D eigenvalue weighted by molar-refractivity contribution is 6.00. The Kier molecular flexibility index (Phi) is 5.03. The fourth-order valence-corrected chi connectivity index (χ4v) is 6.07. The van der Waals surface area contributed by atoms with Gasteiger partial charge in [0.25, 0.3) is 5.56 Å². The predicted octanol–water partition coefficient (Wildman–Crippen LogP) is 3.41. The molecule has 35 heavy (non-hydrogen) atoms. The zero-order valence-corrected chi connectivity index (χ0v) is 19.7. The van der Waals surface area contributed by atoms with E-state index in [1.165, 1.54) is 25.9 Å². The first-order valence-electron chi connectivity index (χ1n) is 12.7. The minimum atomic E-state index is -0.126. The molecule has 1 atom stereocenters. The topological polar surface area (TPSA) is 89.3 Å². The van der Waals surface area contributed by atoms with Gasteiger partial charge in [-0.1, -0.05) is 12.1 Å². The Morgan fingerprint density at radius 3 is 2.57 bits per heavy atom. The second-order valence-corrected chi connectivity index (χ2v) is 10.0. The van der Waals surface area contributed by atoms with Gasteiger partial charge < -0.3 is 29.8 Å². The van der Waals surface area contributed by atoms with Crippen molar-refractivity contribution in [1.29, 1.82) is 0 Å². The Morgan fingerprint density at radius 2 is 1.80 bits per heavy atom. The molecule has 0 amide bonds. The van der Waals surface area contributed by atoms with E-state index < -0.39 is 0 Å². The molecule has 2 aromatic heterocycles. The first kappa shape index (κ1) is 21.0. The van der Waals surface area contributed by atoms with Crippen LogP contribution >= 0.6 is 0 Å². The summed E-state index contributed by atoms with van der Waals surface area (Å²) in [4.78, 5) is 29.8. The van der Waals surface area contributed by atoms with Crippen molar-refractivity contribution in [3.63, 3.8) is 0 Å². The minimum Gasteiger partial charge on any atom is -0.379 e. The smallest absolute Gasteiger partial charge is 0.261 e. The van der Waals surface area contributed by atoms with Crippen LogP contribution in [-0.2, 0) is 4.74 Å². The van der Waals surface area contributed by atoms with Gasteiger partial charge in [0.05, 0.1) is 35.5 Å². The van der Waals surface area contributed by atoms with E-state index in [0.29, 0.717) is 23.3 Å². The fourth-order valence-electron chi connectivity index (χ4n) is 6.07. The van der Waals surface area contributed by atoms with E-state index in [2.05, 4.69) is 43.3 Å². The number of fused-ring (bicyclic) bond motifs is 5. The molecule has 180 valence electrons. The van der Waals surface area contributed by atoms with Gasteiger partial charge in [-0.15, -0.1) is 0 Å². The molecule has 3 N–H and O–H groups in total. The number of morpholine rings is 1. The number of rotatable bonds is 4. The summed E-state index contributed by atoms with van der Waals surface area (Å²) in [6, 6.07) is 14.7. The van der Waals surface area contributed by atoms with Crippen LogP contribution in [0.5, 0.6) is 0 Å². The average molecular weight is 471 g/mol. The third-order valence-corrected chi connectivity index (χ3v) is 7.99. The maximum absolute atomic E-state index is 13.6. The first-order chi connectivity index (χ1) is 17.2. The molecule has 0 spiro atoms. The lowest BCUT2D eigenvalue weighted by Crippen LogP contribution is -2.53. The number of hydrogen-bond acceptors (Lipinski definition) is 6. The third-order valence-electron chi connectivity index (χ3n) is 7.99. The van der Waals surface area contributed by atoms with Gasteiger partial charge in [0.1, 0.15) is 11.4 Å². The van der Waals surface area contributed by atoms with Gasteiger partial charge in [-0.3, -0.25) is 4.79 Å². The van der Waals surface area contributed by atoms with Crippen molar-refractivity contribution < 1.29 is 4.74 Å². The number of nitrogens with zero attached hydrogens (tertiary/aromatic N) is 3. The quantitative estimate of drug-likeness (QED) is 0.424. The van der Waals surface area contributed by atoms with Crippen LogP contribution in [0.4, 0.5) is 11.4 Å². The van der Waals surface area contributed by atoms with E-state index in [4.69, 9.17) is 9.72 Å². The molecule has 0 unspecified atom stereocenters. The standard InChI is InChI=1S/C27H30N6O2/c34-27-24(26-29-20-3-1-2-4-21(20)30-26)25(28-23-16-32-9-7-17(23)8-10-32)19-6-5-18(15-22(19)31-27)33-11-13-35-14-12-33/h1-6,15,17,23H,7-14,16H2,(H,29,30)(H2,28,31,34)/t23-/m0/s1. The molecule has 4 fully saturated rings. The summed E-state index contributed by atoms with van der Waals surface area (Å²) < 4.78 is 5.52. The number of H-pyrrole nitrogens is 2. The second kappa shape index (κ2) is 8.39. The van der Waals surface area contributed by atoms with Crippen molar-refractivity contribution in [2.75, 3.05) is 56.2 Å². The van der Waals surface area contributed by atoms with Crippen LogP contribution in [0.1, 0.15) is 12.8 Å². The zero-order chi connectivity index (χ0) is 23.4. The van der Waals surface area contributed by atoms with Crippen molar-refractivity contribution in [2.45, 2.75) is 18.9 Å². The van der Waals surface area contributed by atoms with Gasteiger partial charge in [0, 0.05) is 36.7 Å². The molecule has 8 nitrogen and oxygen atoms in total. The Morgan fingerprint density at radius 1 is 0.971 bits per heavy atom. The number of anilines is 2. The number of aromatic nitrogens is 3. The molecule has 4 saturated heterocycles. The van der Waals surface area contributed by atoms with Crippen LogP contribution in [-0.4, -0.2) is 71.8 Å². The summed E-state index contributed by atoms with van der Waals surface area (Å²) in [6.45, 7) is 6.55. The highest BCUT2D eigenvalue weighted by Crippen LogP contribution is 2.36. The van der Waals surface area contributed by atoms with E-state index in [-0.39, 0.29) is 5.56 Å².